The van der Waals surface area contributed by atoms with Crippen LogP contribution in [0.4, 0.5) is 5.95 Å². The van der Waals surface area contributed by atoms with Crippen LogP contribution < -0.4 is 10.6 Å². The van der Waals surface area contributed by atoms with Crippen molar-refractivity contribution in [3.8, 4) is 0 Å². The number of aryl methyl sites for hydroxylation is 1. The summed E-state index contributed by atoms with van der Waals surface area (Å²) in [6, 6.07) is 2.04. The molecule has 2 N–H and O–H groups in total. The minimum absolute atomic E-state index is 0.128. The number of anilines is 1. The van der Waals surface area contributed by atoms with Gasteiger partial charge in [-0.3, -0.25) is 4.98 Å². The fourth-order valence-electron chi connectivity index (χ4n) is 1.88. The molecular formula is C11H17N5. The van der Waals surface area contributed by atoms with Crippen molar-refractivity contribution in [3.05, 3.63) is 18.5 Å². The van der Waals surface area contributed by atoms with Crippen LogP contribution in [0.15, 0.2) is 18.5 Å². The topological polar surface area (TPSA) is 60.0 Å². The quantitative estimate of drug-likeness (QED) is 0.827. The summed E-state index contributed by atoms with van der Waals surface area (Å²) in [4.78, 5) is 10.7. The van der Waals surface area contributed by atoms with E-state index in [0.29, 0.717) is 0 Å². The molecule has 0 aliphatic rings. The SMILES string of the molecule is CC(N)CN(C)c1nc2ccncc2n1C. The van der Waals surface area contributed by atoms with Crippen molar-refractivity contribution in [3.63, 3.8) is 0 Å². The Morgan fingerprint density at radius 1 is 1.56 bits per heavy atom. The number of likely N-dealkylation sites (N-methyl/N-ethyl adjacent to an activating group) is 1. The largest absolute Gasteiger partial charge is 0.344 e. The van der Waals surface area contributed by atoms with E-state index in [-0.39, 0.29) is 6.04 Å². The Balaban J connectivity index is 2.41. The maximum atomic E-state index is 5.78. The zero-order valence-electron chi connectivity index (χ0n) is 9.88. The van der Waals surface area contributed by atoms with Gasteiger partial charge in [-0.2, -0.15) is 0 Å². The summed E-state index contributed by atoms with van der Waals surface area (Å²) in [5.74, 6) is 0.917. The number of imidazole rings is 1. The Morgan fingerprint density at radius 2 is 2.31 bits per heavy atom. The van der Waals surface area contributed by atoms with Crippen molar-refractivity contribution in [1.82, 2.24) is 14.5 Å². The summed E-state index contributed by atoms with van der Waals surface area (Å²) in [5, 5.41) is 0. The van der Waals surface area contributed by atoms with Gasteiger partial charge < -0.3 is 15.2 Å². The van der Waals surface area contributed by atoms with E-state index in [2.05, 4.69) is 14.9 Å². The highest BCUT2D eigenvalue weighted by Crippen LogP contribution is 2.18. The summed E-state index contributed by atoms with van der Waals surface area (Å²) in [5.41, 5.74) is 7.78. The van der Waals surface area contributed by atoms with Gasteiger partial charge in [0.05, 0.1) is 17.2 Å². The van der Waals surface area contributed by atoms with Crippen LogP contribution in [0.3, 0.4) is 0 Å². The first-order valence-corrected chi connectivity index (χ1v) is 5.32. The van der Waals surface area contributed by atoms with E-state index in [4.69, 9.17) is 5.73 Å². The summed E-state index contributed by atoms with van der Waals surface area (Å²) < 4.78 is 2.03. The highest BCUT2D eigenvalue weighted by Gasteiger charge is 2.12. The fraction of sp³-hybridized carbons (Fsp3) is 0.455. The first-order chi connectivity index (χ1) is 7.59. The van der Waals surface area contributed by atoms with Gasteiger partial charge >= 0.3 is 0 Å². The van der Waals surface area contributed by atoms with Crippen LogP contribution in [0.5, 0.6) is 0 Å². The Hall–Kier alpha value is -1.62. The Labute approximate surface area is 94.9 Å². The van der Waals surface area contributed by atoms with Gasteiger partial charge in [-0.1, -0.05) is 0 Å². The zero-order valence-corrected chi connectivity index (χ0v) is 9.88. The molecule has 0 fully saturated rings. The second-order valence-corrected chi connectivity index (χ2v) is 4.19. The smallest absolute Gasteiger partial charge is 0.206 e. The van der Waals surface area contributed by atoms with E-state index in [0.717, 1.165) is 23.5 Å². The average Bonchev–Trinajstić information content (AvgIpc) is 2.56. The molecule has 0 amide bonds. The Bertz CT molecular complexity index is 488. The molecule has 5 nitrogen and oxygen atoms in total. The third kappa shape index (κ3) is 1.86. The van der Waals surface area contributed by atoms with Crippen LogP contribution in [-0.4, -0.2) is 34.2 Å². The number of nitrogens with zero attached hydrogens (tertiary/aromatic N) is 4. The molecule has 2 heterocycles. The third-order valence-corrected chi connectivity index (χ3v) is 2.56. The van der Waals surface area contributed by atoms with Crippen molar-refractivity contribution in [2.24, 2.45) is 12.8 Å². The maximum absolute atomic E-state index is 5.78. The molecule has 0 aliphatic carbocycles. The number of pyridine rings is 1. The minimum Gasteiger partial charge on any atom is -0.344 e. The standard InChI is InChI=1S/C11H17N5/c1-8(12)7-15(2)11-14-9-4-5-13-6-10(9)16(11)3/h4-6,8H,7,12H2,1-3H3. The van der Waals surface area contributed by atoms with Gasteiger partial charge in [0.15, 0.2) is 0 Å². The lowest BCUT2D eigenvalue weighted by Crippen LogP contribution is -2.34. The highest BCUT2D eigenvalue weighted by atomic mass is 15.3. The van der Waals surface area contributed by atoms with Gasteiger partial charge in [0.1, 0.15) is 0 Å². The summed E-state index contributed by atoms with van der Waals surface area (Å²) in [6.07, 6.45) is 3.58. The lowest BCUT2D eigenvalue weighted by molar-refractivity contribution is 0.695. The molecule has 0 saturated heterocycles. The molecule has 0 spiro atoms. The average molecular weight is 219 g/mol. The van der Waals surface area contributed by atoms with Gasteiger partial charge in [0, 0.05) is 32.9 Å². The van der Waals surface area contributed by atoms with Crippen molar-refractivity contribution >= 4 is 17.0 Å². The molecule has 2 aromatic heterocycles. The van der Waals surface area contributed by atoms with Gasteiger partial charge in [-0.25, -0.2) is 4.98 Å². The molecule has 0 radical (unpaired) electrons. The number of nitrogens with two attached hydrogens (primary N) is 1. The van der Waals surface area contributed by atoms with Crippen LogP contribution in [0.25, 0.3) is 11.0 Å². The molecule has 0 saturated carbocycles. The van der Waals surface area contributed by atoms with Crippen LogP contribution in [0.2, 0.25) is 0 Å². The molecule has 2 aromatic rings. The first-order valence-electron chi connectivity index (χ1n) is 5.32. The normalized spacial score (nSPS) is 13.0. The number of aromatic nitrogens is 3. The maximum Gasteiger partial charge on any atom is 0.206 e. The monoisotopic (exact) mass is 219 g/mol. The molecule has 86 valence electrons. The molecule has 1 unspecified atom stereocenters. The Kier molecular flexibility index (Phi) is 2.78. The van der Waals surface area contributed by atoms with Crippen molar-refractivity contribution < 1.29 is 0 Å². The van der Waals surface area contributed by atoms with Crippen LogP contribution in [-0.2, 0) is 7.05 Å². The lowest BCUT2D eigenvalue weighted by atomic mass is 10.3. The molecular weight excluding hydrogens is 202 g/mol. The van der Waals surface area contributed by atoms with E-state index in [1.165, 1.54) is 0 Å². The summed E-state index contributed by atoms with van der Waals surface area (Å²) in [6.45, 7) is 2.77. The second kappa shape index (κ2) is 4.09. The van der Waals surface area contributed by atoms with E-state index < -0.39 is 0 Å². The molecule has 0 bridgehead atoms. The van der Waals surface area contributed by atoms with Crippen LogP contribution in [0.1, 0.15) is 6.92 Å². The molecule has 0 aliphatic heterocycles. The van der Waals surface area contributed by atoms with E-state index in [9.17, 15) is 0 Å². The third-order valence-electron chi connectivity index (χ3n) is 2.56. The van der Waals surface area contributed by atoms with Crippen LogP contribution in [0, 0.1) is 0 Å². The second-order valence-electron chi connectivity index (χ2n) is 4.19. The van der Waals surface area contributed by atoms with E-state index in [1.807, 2.05) is 37.8 Å². The molecule has 0 aromatic carbocycles. The molecule has 1 atom stereocenters. The molecule has 16 heavy (non-hydrogen) atoms. The number of hydrogen-bond donors (Lipinski definition) is 1. The highest BCUT2D eigenvalue weighted by molar-refractivity contribution is 5.77. The van der Waals surface area contributed by atoms with Crippen LogP contribution >= 0.6 is 0 Å². The fourth-order valence-corrected chi connectivity index (χ4v) is 1.88. The summed E-state index contributed by atoms with van der Waals surface area (Å²) in [7, 11) is 3.99. The van der Waals surface area contributed by atoms with E-state index in [1.54, 1.807) is 6.20 Å². The number of fused-ring (bicyclic) bond motifs is 1. The number of hydrogen-bond acceptors (Lipinski definition) is 4. The van der Waals surface area contributed by atoms with Crippen molar-refractivity contribution in [2.75, 3.05) is 18.5 Å². The van der Waals surface area contributed by atoms with E-state index >= 15 is 0 Å². The summed E-state index contributed by atoms with van der Waals surface area (Å²) >= 11 is 0. The number of rotatable bonds is 3. The molecule has 2 rings (SSSR count). The van der Waals surface area contributed by atoms with Gasteiger partial charge in [-0.05, 0) is 13.0 Å². The predicted molar refractivity (Wildman–Crippen MR) is 65.4 cm³/mol. The zero-order chi connectivity index (χ0) is 11.7. The van der Waals surface area contributed by atoms with Crippen molar-refractivity contribution in [2.45, 2.75) is 13.0 Å². The predicted octanol–water partition coefficient (Wildman–Crippen LogP) is 0.752. The van der Waals surface area contributed by atoms with Crippen molar-refractivity contribution in [1.29, 1.82) is 0 Å². The van der Waals surface area contributed by atoms with Gasteiger partial charge in [0.2, 0.25) is 5.95 Å². The first kappa shape index (κ1) is 10.9. The van der Waals surface area contributed by atoms with Gasteiger partial charge in [0.25, 0.3) is 0 Å². The minimum atomic E-state index is 0.128. The Morgan fingerprint density at radius 3 is 2.94 bits per heavy atom. The van der Waals surface area contributed by atoms with Gasteiger partial charge in [-0.15, -0.1) is 0 Å². The lowest BCUT2D eigenvalue weighted by Gasteiger charge is -2.20. The molecule has 5 heteroatoms.